The molecule has 0 saturated heterocycles. The lowest BCUT2D eigenvalue weighted by Gasteiger charge is -2.59. The lowest BCUT2D eigenvalue weighted by Crippen LogP contribution is -2.62. The molecule has 4 aliphatic carbocycles. The van der Waals surface area contributed by atoms with Crippen LogP contribution in [0.1, 0.15) is 52.9 Å². The Balaban J connectivity index is 1.73. The number of carbonyl (C=O) groups excluding carboxylic acids is 3. The van der Waals surface area contributed by atoms with E-state index in [4.69, 9.17) is 25.8 Å². The zero-order valence-corrected chi connectivity index (χ0v) is 19.5. The molecule has 0 aromatic rings. The summed E-state index contributed by atoms with van der Waals surface area (Å²) < 4.78 is 15.9. The Labute approximate surface area is 193 Å². The molecule has 1 N–H and O–H groups in total. The van der Waals surface area contributed by atoms with Crippen molar-refractivity contribution in [2.75, 3.05) is 12.7 Å². The van der Waals surface area contributed by atoms with E-state index in [2.05, 4.69) is 6.92 Å². The summed E-state index contributed by atoms with van der Waals surface area (Å²) in [7, 11) is 0. The second kappa shape index (κ2) is 8.17. The Bertz CT molecular complexity index is 882. The van der Waals surface area contributed by atoms with Crippen molar-refractivity contribution < 1.29 is 33.7 Å². The number of hydrogen-bond acceptors (Lipinski definition) is 7. The molecule has 0 aromatic carbocycles. The van der Waals surface area contributed by atoms with Crippen LogP contribution in [-0.2, 0) is 23.8 Å². The van der Waals surface area contributed by atoms with Gasteiger partial charge < -0.3 is 19.3 Å². The third-order valence-corrected chi connectivity index (χ3v) is 8.76. The fraction of sp³-hybridized carbons (Fsp3) is 0.708. The van der Waals surface area contributed by atoms with E-state index in [1.54, 1.807) is 19.1 Å². The predicted molar refractivity (Wildman–Crippen MR) is 116 cm³/mol. The maximum Gasteiger partial charge on any atom is 0.509 e. The number of aliphatic hydroxyl groups is 1. The van der Waals surface area contributed by atoms with Gasteiger partial charge in [-0.2, -0.15) is 0 Å². The van der Waals surface area contributed by atoms with Crippen LogP contribution in [0.15, 0.2) is 23.8 Å². The number of aliphatic hydroxyl groups excluding tert-OH is 1. The number of rotatable bonds is 4. The van der Waals surface area contributed by atoms with Crippen LogP contribution >= 0.6 is 11.6 Å². The molecule has 0 bridgehead atoms. The third-order valence-electron chi connectivity index (χ3n) is 8.65. The average Bonchev–Trinajstić information content (AvgIpc) is 3.01. The molecule has 3 saturated carbocycles. The van der Waals surface area contributed by atoms with Crippen LogP contribution in [0.4, 0.5) is 4.79 Å². The molecule has 0 aliphatic heterocycles. The van der Waals surface area contributed by atoms with Crippen molar-refractivity contribution in [3.63, 3.8) is 0 Å². The smallest absolute Gasteiger partial charge is 0.446 e. The van der Waals surface area contributed by atoms with Gasteiger partial charge >= 0.3 is 12.1 Å². The zero-order chi connectivity index (χ0) is 23.3. The molecule has 0 unspecified atom stereocenters. The van der Waals surface area contributed by atoms with Gasteiger partial charge in [-0.05, 0) is 63.0 Å². The van der Waals surface area contributed by atoms with Gasteiger partial charge in [0.15, 0.2) is 11.8 Å². The first-order valence-corrected chi connectivity index (χ1v) is 11.9. The van der Waals surface area contributed by atoms with Crippen molar-refractivity contribution in [2.45, 2.75) is 64.6 Å². The van der Waals surface area contributed by atoms with E-state index >= 15 is 0 Å². The SMILES string of the molecule is CCOC(=O)O[C@]1(C(=O)OCCl)CC[C@@H]2[C@H]3CCC4=CC(=O)C=C[C@]4(C)[C@@H]3[C@@H](O)C[C@@]21C. The van der Waals surface area contributed by atoms with Crippen LogP contribution in [0, 0.1) is 28.6 Å². The van der Waals surface area contributed by atoms with Gasteiger partial charge in [-0.3, -0.25) is 4.79 Å². The first-order valence-electron chi connectivity index (χ1n) is 11.3. The summed E-state index contributed by atoms with van der Waals surface area (Å²) in [6.45, 7) is 5.77. The first kappa shape index (κ1) is 23.3. The van der Waals surface area contributed by atoms with Gasteiger partial charge in [0.1, 0.15) is 0 Å². The molecule has 0 heterocycles. The van der Waals surface area contributed by atoms with E-state index in [9.17, 15) is 19.5 Å². The average molecular weight is 467 g/mol. The number of ketones is 1. The van der Waals surface area contributed by atoms with Crippen molar-refractivity contribution in [1.82, 2.24) is 0 Å². The lowest BCUT2D eigenvalue weighted by molar-refractivity contribution is -0.199. The van der Waals surface area contributed by atoms with Gasteiger partial charge in [0.2, 0.25) is 5.60 Å². The second-order valence-corrected chi connectivity index (χ2v) is 10.1. The molecule has 0 aromatic heterocycles. The van der Waals surface area contributed by atoms with Crippen LogP contribution in [0.25, 0.3) is 0 Å². The summed E-state index contributed by atoms with van der Waals surface area (Å²) >= 11 is 5.70. The second-order valence-electron chi connectivity index (χ2n) is 9.90. The minimum atomic E-state index is -1.57. The van der Waals surface area contributed by atoms with E-state index in [1.165, 1.54) is 0 Å². The number of halogens is 1. The van der Waals surface area contributed by atoms with Gasteiger partial charge in [-0.15, -0.1) is 0 Å². The highest BCUT2D eigenvalue weighted by molar-refractivity contribution is 6.17. The maximum absolute atomic E-state index is 13.2. The van der Waals surface area contributed by atoms with Crippen LogP contribution in [0.5, 0.6) is 0 Å². The Morgan fingerprint density at radius 2 is 2.00 bits per heavy atom. The largest absolute Gasteiger partial charge is 0.509 e. The minimum absolute atomic E-state index is 0.0161. The number of allylic oxidation sites excluding steroid dienone is 4. The monoisotopic (exact) mass is 466 g/mol. The van der Waals surface area contributed by atoms with Crippen LogP contribution < -0.4 is 0 Å². The number of alkyl halides is 1. The topological polar surface area (TPSA) is 99.1 Å². The fourth-order valence-electron chi connectivity index (χ4n) is 7.31. The molecule has 0 spiro atoms. The zero-order valence-electron chi connectivity index (χ0n) is 18.8. The summed E-state index contributed by atoms with van der Waals surface area (Å²) in [5.74, 6) is -0.676. The van der Waals surface area contributed by atoms with Crippen molar-refractivity contribution in [3.8, 4) is 0 Å². The van der Waals surface area contributed by atoms with E-state index in [0.717, 1.165) is 18.4 Å². The number of hydrogen-bond donors (Lipinski definition) is 1. The molecule has 0 radical (unpaired) electrons. The highest BCUT2D eigenvalue weighted by atomic mass is 35.5. The van der Waals surface area contributed by atoms with Gasteiger partial charge in [0.25, 0.3) is 0 Å². The highest BCUT2D eigenvalue weighted by Crippen LogP contribution is 2.68. The molecule has 4 aliphatic rings. The number of fused-ring (bicyclic) bond motifs is 5. The predicted octanol–water partition coefficient (Wildman–Crippen LogP) is 3.92. The number of carbonyl (C=O) groups is 3. The molecule has 8 heteroatoms. The standard InChI is InChI=1S/C24H31ClO7/c1-4-30-21(29)32-24(20(28)31-13-25)10-8-17-16-6-5-14-11-15(26)7-9-22(14,2)19(16)18(27)12-23(17,24)3/h7,9,11,16-19,27H,4-6,8,10,12-13H2,1-3H3/t16-,17-,18+,19+,22+,23+,24+/m1/s1. The van der Waals surface area contributed by atoms with Crippen LogP contribution in [0.2, 0.25) is 0 Å². The molecular weight excluding hydrogens is 436 g/mol. The Morgan fingerprint density at radius 1 is 1.25 bits per heavy atom. The molecule has 7 nitrogen and oxygen atoms in total. The number of ether oxygens (including phenoxy) is 3. The number of esters is 1. The molecular formula is C24H31ClO7. The summed E-state index contributed by atoms with van der Waals surface area (Å²) in [6, 6.07) is -0.354. The van der Waals surface area contributed by atoms with Gasteiger partial charge in [0, 0.05) is 16.7 Å². The summed E-state index contributed by atoms with van der Waals surface area (Å²) in [4.78, 5) is 37.5. The summed E-state index contributed by atoms with van der Waals surface area (Å²) in [5.41, 5.74) is -1.76. The van der Waals surface area contributed by atoms with Crippen molar-refractivity contribution in [2.24, 2.45) is 28.6 Å². The van der Waals surface area contributed by atoms with Crippen molar-refractivity contribution in [3.05, 3.63) is 23.8 Å². The van der Waals surface area contributed by atoms with Gasteiger partial charge in [0.05, 0.1) is 12.7 Å². The minimum Gasteiger partial charge on any atom is -0.446 e. The molecule has 0 amide bonds. The summed E-state index contributed by atoms with van der Waals surface area (Å²) in [6.07, 6.45) is 6.31. The first-order chi connectivity index (χ1) is 15.1. The van der Waals surface area contributed by atoms with E-state index in [1.807, 2.05) is 13.0 Å². The van der Waals surface area contributed by atoms with E-state index < -0.39 is 34.7 Å². The highest BCUT2D eigenvalue weighted by Gasteiger charge is 2.71. The van der Waals surface area contributed by atoms with E-state index in [-0.39, 0.29) is 49.1 Å². The molecule has 7 atom stereocenters. The lowest BCUT2D eigenvalue weighted by atomic mass is 9.46. The summed E-state index contributed by atoms with van der Waals surface area (Å²) in [5, 5.41) is 11.5. The molecule has 176 valence electrons. The van der Waals surface area contributed by atoms with Crippen LogP contribution in [0.3, 0.4) is 0 Å². The van der Waals surface area contributed by atoms with Crippen molar-refractivity contribution >= 4 is 29.5 Å². The molecule has 4 rings (SSSR count). The Kier molecular flexibility index (Phi) is 5.95. The van der Waals surface area contributed by atoms with Gasteiger partial charge in [-0.1, -0.05) is 37.1 Å². The normalized spacial score (nSPS) is 42.3. The molecule has 3 fully saturated rings. The van der Waals surface area contributed by atoms with E-state index in [0.29, 0.717) is 6.42 Å². The third kappa shape index (κ3) is 3.23. The van der Waals surface area contributed by atoms with Gasteiger partial charge in [-0.25, -0.2) is 9.59 Å². The Morgan fingerprint density at radius 3 is 2.69 bits per heavy atom. The quantitative estimate of drug-likeness (QED) is 0.495. The molecule has 32 heavy (non-hydrogen) atoms. The maximum atomic E-state index is 13.2. The van der Waals surface area contributed by atoms with Crippen LogP contribution in [-0.4, -0.2) is 47.4 Å². The Hall–Kier alpha value is -1.86. The van der Waals surface area contributed by atoms with Crippen molar-refractivity contribution in [1.29, 1.82) is 0 Å². The fourth-order valence-corrected chi connectivity index (χ4v) is 7.41.